The van der Waals surface area contributed by atoms with Crippen molar-refractivity contribution >= 4 is 44.8 Å². The fraction of sp³-hybridized carbons (Fsp3) is 0.0833. The van der Waals surface area contributed by atoms with Crippen LogP contribution >= 0.6 is 15.9 Å². The average Bonchev–Trinajstić information content (AvgIpc) is 3.09. The summed E-state index contributed by atoms with van der Waals surface area (Å²) in [5.74, 6) is -3.04. The van der Waals surface area contributed by atoms with Gasteiger partial charge < -0.3 is 5.11 Å². The topological polar surface area (TPSA) is 101 Å². The fourth-order valence-electron chi connectivity index (χ4n) is 3.87. The van der Waals surface area contributed by atoms with Crippen molar-refractivity contribution in [3.63, 3.8) is 0 Å². The molecule has 1 atom stereocenters. The van der Waals surface area contributed by atoms with Crippen molar-refractivity contribution in [3.8, 4) is 0 Å². The molecule has 3 aromatic rings. The number of hydrogen-bond donors (Lipinski definition) is 1. The van der Waals surface area contributed by atoms with E-state index in [2.05, 4.69) is 15.9 Å². The van der Waals surface area contributed by atoms with E-state index in [0.29, 0.717) is 10.5 Å². The molecule has 1 amide bonds. The summed E-state index contributed by atoms with van der Waals surface area (Å²) in [5.41, 5.74) is -2.35. The van der Waals surface area contributed by atoms with Gasteiger partial charge in [-0.15, -0.1) is 0 Å². The summed E-state index contributed by atoms with van der Waals surface area (Å²) in [6.07, 6.45) is -4.74. The molecule has 35 heavy (non-hydrogen) atoms. The Hall–Kier alpha value is -3.99. The van der Waals surface area contributed by atoms with E-state index in [1.165, 1.54) is 36.4 Å². The van der Waals surface area contributed by atoms with Crippen LogP contribution in [0.15, 0.2) is 82.8 Å². The van der Waals surface area contributed by atoms with Gasteiger partial charge in [0.2, 0.25) is 0 Å². The zero-order valence-corrected chi connectivity index (χ0v) is 19.1. The first-order valence-electron chi connectivity index (χ1n) is 9.98. The van der Waals surface area contributed by atoms with Gasteiger partial charge >= 0.3 is 6.18 Å². The summed E-state index contributed by atoms with van der Waals surface area (Å²) in [4.78, 5) is 38.0. The zero-order chi connectivity index (χ0) is 25.5. The van der Waals surface area contributed by atoms with Crippen molar-refractivity contribution in [1.82, 2.24) is 0 Å². The number of alkyl halides is 3. The van der Waals surface area contributed by atoms with Gasteiger partial charge in [-0.25, -0.2) is 0 Å². The molecule has 0 spiro atoms. The number of carbonyl (C=O) groups excluding carboxylic acids is 2. The predicted octanol–water partition coefficient (Wildman–Crippen LogP) is 6.00. The van der Waals surface area contributed by atoms with Crippen molar-refractivity contribution in [2.24, 2.45) is 0 Å². The van der Waals surface area contributed by atoms with Gasteiger partial charge in [-0.05, 0) is 36.4 Å². The molecule has 1 N–H and O–H groups in total. The number of aliphatic hydroxyl groups excluding tert-OH is 1. The Bertz CT molecular complexity index is 1390. The molecule has 7 nitrogen and oxygen atoms in total. The summed E-state index contributed by atoms with van der Waals surface area (Å²) in [6, 6.07) is 13.4. The van der Waals surface area contributed by atoms with Crippen LogP contribution in [0.3, 0.4) is 0 Å². The molecule has 11 heteroatoms. The van der Waals surface area contributed by atoms with E-state index < -0.39 is 51.4 Å². The van der Waals surface area contributed by atoms with Gasteiger partial charge in [-0.2, -0.15) is 13.2 Å². The van der Waals surface area contributed by atoms with Gasteiger partial charge in [-0.3, -0.25) is 24.6 Å². The SMILES string of the molecule is O=C1C(=O)N(c2cccc(C(F)(F)F)c2)[C@H](c2ccccc2[N+](=O)[O-])C1=C(O)c1ccc(Br)cc1. The van der Waals surface area contributed by atoms with Gasteiger partial charge in [0, 0.05) is 21.8 Å². The molecule has 3 aromatic carbocycles. The second-order valence-electron chi connectivity index (χ2n) is 7.54. The van der Waals surface area contributed by atoms with Crippen molar-refractivity contribution in [2.45, 2.75) is 12.2 Å². The molecule has 0 unspecified atom stereocenters. The predicted molar refractivity (Wildman–Crippen MR) is 123 cm³/mol. The van der Waals surface area contributed by atoms with E-state index in [0.717, 1.165) is 23.1 Å². The van der Waals surface area contributed by atoms with E-state index in [9.17, 15) is 38.0 Å². The minimum Gasteiger partial charge on any atom is -0.507 e. The average molecular weight is 547 g/mol. The second-order valence-corrected chi connectivity index (χ2v) is 8.46. The number of anilines is 1. The third kappa shape index (κ3) is 4.42. The number of ketones is 1. The lowest BCUT2D eigenvalue weighted by Gasteiger charge is -2.25. The first-order valence-corrected chi connectivity index (χ1v) is 10.8. The molecule has 1 aliphatic rings. The van der Waals surface area contributed by atoms with Crippen LogP contribution in [0.4, 0.5) is 24.5 Å². The highest BCUT2D eigenvalue weighted by atomic mass is 79.9. The molecular formula is C24H14BrF3N2O5. The molecule has 0 radical (unpaired) electrons. The van der Waals surface area contributed by atoms with Gasteiger partial charge in [0.15, 0.2) is 0 Å². The Balaban J connectivity index is 2.01. The largest absolute Gasteiger partial charge is 0.507 e. The van der Waals surface area contributed by atoms with Crippen LogP contribution in [-0.2, 0) is 15.8 Å². The van der Waals surface area contributed by atoms with Crippen LogP contribution in [0, 0.1) is 10.1 Å². The van der Waals surface area contributed by atoms with Crippen LogP contribution in [0.5, 0.6) is 0 Å². The van der Waals surface area contributed by atoms with Gasteiger partial charge in [-0.1, -0.05) is 46.3 Å². The number of amides is 1. The molecule has 1 aliphatic heterocycles. The Morgan fingerprint density at radius 1 is 1.00 bits per heavy atom. The number of aliphatic hydroxyl groups is 1. The van der Waals surface area contributed by atoms with Crippen molar-refractivity contribution < 1.29 is 32.8 Å². The van der Waals surface area contributed by atoms with Gasteiger partial charge in [0.05, 0.1) is 21.6 Å². The van der Waals surface area contributed by atoms with Gasteiger partial charge in [0.1, 0.15) is 11.8 Å². The first-order chi connectivity index (χ1) is 16.5. The third-order valence-corrected chi connectivity index (χ3v) is 5.97. The molecule has 1 fully saturated rings. The summed E-state index contributed by atoms with van der Waals surface area (Å²) in [5, 5.41) is 22.8. The molecule has 0 aliphatic carbocycles. The van der Waals surface area contributed by atoms with E-state index in [4.69, 9.17) is 0 Å². The molecular weight excluding hydrogens is 533 g/mol. The highest BCUT2D eigenvalue weighted by molar-refractivity contribution is 9.10. The van der Waals surface area contributed by atoms with Crippen molar-refractivity contribution in [3.05, 3.63) is 110 Å². The second kappa shape index (κ2) is 8.99. The van der Waals surface area contributed by atoms with Crippen LogP contribution in [0.2, 0.25) is 0 Å². The lowest BCUT2D eigenvalue weighted by atomic mass is 9.94. The number of benzene rings is 3. The van der Waals surface area contributed by atoms with Crippen LogP contribution in [0.25, 0.3) is 5.76 Å². The normalized spacial score (nSPS) is 17.6. The molecule has 1 saturated heterocycles. The maximum atomic E-state index is 13.4. The number of hydrogen-bond acceptors (Lipinski definition) is 5. The molecule has 0 bridgehead atoms. The van der Waals surface area contributed by atoms with Crippen LogP contribution in [0.1, 0.15) is 22.7 Å². The fourth-order valence-corrected chi connectivity index (χ4v) is 4.14. The van der Waals surface area contributed by atoms with Crippen molar-refractivity contribution in [2.75, 3.05) is 4.90 Å². The van der Waals surface area contributed by atoms with E-state index >= 15 is 0 Å². The molecule has 4 rings (SSSR count). The number of halogens is 4. The molecule has 178 valence electrons. The standard InChI is InChI=1S/C24H14BrF3N2O5/c25-15-10-8-13(9-11-15)21(31)19-20(17-6-1-2-7-18(17)30(34)35)29(23(33)22(19)32)16-5-3-4-14(12-16)24(26,27)28/h1-12,20,31H/t20-/m1/s1. The monoisotopic (exact) mass is 546 g/mol. The number of carbonyl (C=O) groups is 2. The van der Waals surface area contributed by atoms with Crippen LogP contribution in [-0.4, -0.2) is 21.7 Å². The first kappa shape index (κ1) is 24.1. The molecule has 1 heterocycles. The number of rotatable bonds is 4. The van der Waals surface area contributed by atoms with E-state index in [1.54, 1.807) is 12.1 Å². The number of nitrogens with zero attached hydrogens (tertiary/aromatic N) is 2. The van der Waals surface area contributed by atoms with Crippen LogP contribution < -0.4 is 4.90 Å². The summed E-state index contributed by atoms with van der Waals surface area (Å²) < 4.78 is 40.8. The Morgan fingerprint density at radius 3 is 2.29 bits per heavy atom. The highest BCUT2D eigenvalue weighted by Gasteiger charge is 2.49. The van der Waals surface area contributed by atoms with Crippen molar-refractivity contribution in [1.29, 1.82) is 0 Å². The zero-order valence-electron chi connectivity index (χ0n) is 17.5. The smallest absolute Gasteiger partial charge is 0.416 e. The Labute approximate surface area is 204 Å². The summed E-state index contributed by atoms with van der Waals surface area (Å²) in [7, 11) is 0. The molecule has 0 aromatic heterocycles. The van der Waals surface area contributed by atoms with Gasteiger partial charge in [0.25, 0.3) is 17.4 Å². The maximum absolute atomic E-state index is 13.4. The lowest BCUT2D eigenvalue weighted by molar-refractivity contribution is -0.385. The number of Topliss-reactive ketones (excluding diaryl/α,β-unsaturated/α-hetero) is 1. The Kier molecular flexibility index (Phi) is 6.20. The number of nitro groups is 1. The minimum absolute atomic E-state index is 0.138. The highest BCUT2D eigenvalue weighted by Crippen LogP contribution is 2.45. The third-order valence-electron chi connectivity index (χ3n) is 5.44. The minimum atomic E-state index is -4.74. The number of para-hydroxylation sites is 1. The summed E-state index contributed by atoms with van der Waals surface area (Å²) >= 11 is 3.24. The number of nitro benzene ring substituents is 1. The Morgan fingerprint density at radius 2 is 1.66 bits per heavy atom. The van der Waals surface area contributed by atoms with E-state index in [-0.39, 0.29) is 16.8 Å². The lowest BCUT2D eigenvalue weighted by Crippen LogP contribution is -2.30. The maximum Gasteiger partial charge on any atom is 0.416 e. The molecule has 0 saturated carbocycles. The quantitative estimate of drug-likeness (QED) is 0.142. The van der Waals surface area contributed by atoms with E-state index in [1.807, 2.05) is 0 Å². The summed E-state index contributed by atoms with van der Waals surface area (Å²) in [6.45, 7) is 0.